The largest absolute Gasteiger partial charge is 0.332 e. The quantitative estimate of drug-likeness (QED) is 0.758. The number of imidazole rings is 1. The van der Waals surface area contributed by atoms with Crippen molar-refractivity contribution in [2.24, 2.45) is 0 Å². The van der Waals surface area contributed by atoms with E-state index in [1.165, 1.54) is 5.69 Å². The summed E-state index contributed by atoms with van der Waals surface area (Å²) >= 11 is 0. The maximum absolute atomic E-state index is 4.19. The van der Waals surface area contributed by atoms with E-state index in [9.17, 15) is 0 Å². The van der Waals surface area contributed by atoms with E-state index in [0.717, 1.165) is 19.6 Å². The Morgan fingerprint density at radius 1 is 1.53 bits per heavy atom. The third kappa shape index (κ3) is 3.64. The standard InChI is InChI=1S/C11H22N4/c1-5-12-6-11-7-13-9-15(11)8-10(2)14(3)4/h7,9-10,12H,5-6,8H2,1-4H3. The monoisotopic (exact) mass is 210 g/mol. The Balaban J connectivity index is 2.56. The molecule has 1 aromatic rings. The molecule has 1 aromatic heterocycles. The van der Waals surface area contributed by atoms with E-state index < -0.39 is 0 Å². The predicted octanol–water partition coefficient (Wildman–Crippen LogP) is 0.943. The fourth-order valence-corrected chi connectivity index (χ4v) is 1.36. The van der Waals surface area contributed by atoms with E-state index in [-0.39, 0.29) is 0 Å². The topological polar surface area (TPSA) is 33.1 Å². The van der Waals surface area contributed by atoms with E-state index in [1.54, 1.807) is 0 Å². The molecule has 0 bridgehead atoms. The van der Waals surface area contributed by atoms with E-state index in [0.29, 0.717) is 6.04 Å². The summed E-state index contributed by atoms with van der Waals surface area (Å²) in [6.07, 6.45) is 3.84. The number of nitrogens with one attached hydrogen (secondary N) is 1. The van der Waals surface area contributed by atoms with Gasteiger partial charge in [0.1, 0.15) is 0 Å². The Morgan fingerprint density at radius 2 is 2.27 bits per heavy atom. The van der Waals surface area contributed by atoms with Crippen molar-refractivity contribution >= 4 is 0 Å². The number of likely N-dealkylation sites (N-methyl/N-ethyl adjacent to an activating group) is 1. The Labute approximate surface area is 92.3 Å². The second-order valence-corrected chi connectivity index (χ2v) is 4.13. The SMILES string of the molecule is CCNCc1cncn1CC(C)N(C)C. The highest BCUT2D eigenvalue weighted by Gasteiger charge is 2.08. The van der Waals surface area contributed by atoms with Crippen LogP contribution in [-0.4, -0.2) is 41.1 Å². The van der Waals surface area contributed by atoms with Gasteiger partial charge in [-0.2, -0.15) is 0 Å². The van der Waals surface area contributed by atoms with Gasteiger partial charge < -0.3 is 14.8 Å². The second-order valence-electron chi connectivity index (χ2n) is 4.13. The van der Waals surface area contributed by atoms with Crippen LogP contribution in [0.25, 0.3) is 0 Å². The summed E-state index contributed by atoms with van der Waals surface area (Å²) in [5, 5.41) is 3.32. The maximum atomic E-state index is 4.19. The van der Waals surface area contributed by atoms with Gasteiger partial charge in [0.2, 0.25) is 0 Å². The molecule has 15 heavy (non-hydrogen) atoms. The third-order valence-electron chi connectivity index (χ3n) is 2.70. The molecule has 0 amide bonds. The highest BCUT2D eigenvalue weighted by atomic mass is 15.2. The van der Waals surface area contributed by atoms with E-state index >= 15 is 0 Å². The first-order valence-electron chi connectivity index (χ1n) is 5.51. The van der Waals surface area contributed by atoms with Gasteiger partial charge in [0.25, 0.3) is 0 Å². The van der Waals surface area contributed by atoms with Crippen molar-refractivity contribution in [2.75, 3.05) is 20.6 Å². The first-order valence-corrected chi connectivity index (χ1v) is 5.51. The lowest BCUT2D eigenvalue weighted by atomic mass is 10.3. The Kier molecular flexibility index (Phi) is 4.78. The van der Waals surface area contributed by atoms with E-state index in [4.69, 9.17) is 0 Å². The summed E-state index contributed by atoms with van der Waals surface area (Å²) in [4.78, 5) is 6.41. The molecule has 86 valence electrons. The van der Waals surface area contributed by atoms with Gasteiger partial charge in [-0.15, -0.1) is 0 Å². The van der Waals surface area contributed by atoms with Crippen LogP contribution in [-0.2, 0) is 13.1 Å². The van der Waals surface area contributed by atoms with Crippen molar-refractivity contribution in [3.63, 3.8) is 0 Å². The molecule has 0 saturated heterocycles. The van der Waals surface area contributed by atoms with Gasteiger partial charge in [-0.05, 0) is 27.6 Å². The lowest BCUT2D eigenvalue weighted by Gasteiger charge is -2.21. The molecular weight excluding hydrogens is 188 g/mol. The maximum Gasteiger partial charge on any atom is 0.0949 e. The van der Waals surface area contributed by atoms with Crippen LogP contribution >= 0.6 is 0 Å². The van der Waals surface area contributed by atoms with Crippen LogP contribution in [0.4, 0.5) is 0 Å². The Bertz CT molecular complexity index is 280. The van der Waals surface area contributed by atoms with Crippen LogP contribution in [0, 0.1) is 0 Å². The molecule has 0 aliphatic heterocycles. The average Bonchev–Trinajstić information content (AvgIpc) is 2.62. The molecular formula is C11H22N4. The van der Waals surface area contributed by atoms with Crippen LogP contribution < -0.4 is 5.32 Å². The van der Waals surface area contributed by atoms with Gasteiger partial charge in [-0.1, -0.05) is 6.92 Å². The van der Waals surface area contributed by atoms with Gasteiger partial charge in [0.05, 0.1) is 12.0 Å². The molecule has 1 heterocycles. The van der Waals surface area contributed by atoms with E-state index in [1.807, 2.05) is 12.5 Å². The highest BCUT2D eigenvalue weighted by molar-refractivity contribution is 4.98. The minimum absolute atomic E-state index is 0.527. The predicted molar refractivity (Wildman–Crippen MR) is 62.8 cm³/mol. The molecule has 0 saturated carbocycles. The van der Waals surface area contributed by atoms with Crippen molar-refractivity contribution in [3.8, 4) is 0 Å². The summed E-state index contributed by atoms with van der Waals surface area (Å²) < 4.78 is 2.22. The molecule has 0 spiro atoms. The Morgan fingerprint density at radius 3 is 2.87 bits per heavy atom. The zero-order valence-corrected chi connectivity index (χ0v) is 10.2. The van der Waals surface area contributed by atoms with Crippen molar-refractivity contribution in [1.82, 2.24) is 19.8 Å². The summed E-state index contributed by atoms with van der Waals surface area (Å²) in [6.45, 7) is 7.22. The minimum Gasteiger partial charge on any atom is -0.332 e. The van der Waals surface area contributed by atoms with Crippen molar-refractivity contribution in [3.05, 3.63) is 18.2 Å². The number of aromatic nitrogens is 2. The third-order valence-corrected chi connectivity index (χ3v) is 2.70. The van der Waals surface area contributed by atoms with Crippen LogP contribution in [0.1, 0.15) is 19.5 Å². The van der Waals surface area contributed by atoms with Gasteiger partial charge in [0.15, 0.2) is 0 Å². The normalized spacial score (nSPS) is 13.4. The van der Waals surface area contributed by atoms with Crippen LogP contribution in [0.5, 0.6) is 0 Å². The van der Waals surface area contributed by atoms with Gasteiger partial charge >= 0.3 is 0 Å². The van der Waals surface area contributed by atoms with Crippen molar-refractivity contribution in [2.45, 2.75) is 33.0 Å². The zero-order valence-electron chi connectivity index (χ0n) is 10.2. The van der Waals surface area contributed by atoms with Crippen LogP contribution in [0.15, 0.2) is 12.5 Å². The summed E-state index contributed by atoms with van der Waals surface area (Å²) in [7, 11) is 4.21. The average molecular weight is 210 g/mol. The molecule has 1 atom stereocenters. The zero-order chi connectivity index (χ0) is 11.3. The second kappa shape index (κ2) is 5.88. The van der Waals surface area contributed by atoms with Crippen molar-refractivity contribution < 1.29 is 0 Å². The Hall–Kier alpha value is -0.870. The smallest absolute Gasteiger partial charge is 0.0949 e. The molecule has 0 aliphatic rings. The lowest BCUT2D eigenvalue weighted by Crippen LogP contribution is -2.30. The van der Waals surface area contributed by atoms with Crippen LogP contribution in [0.3, 0.4) is 0 Å². The number of nitrogens with zero attached hydrogens (tertiary/aromatic N) is 3. The number of rotatable bonds is 6. The highest BCUT2D eigenvalue weighted by Crippen LogP contribution is 2.03. The summed E-state index contributed by atoms with van der Waals surface area (Å²) in [5.74, 6) is 0. The minimum atomic E-state index is 0.527. The molecule has 0 radical (unpaired) electrons. The number of hydrogen-bond acceptors (Lipinski definition) is 3. The fraction of sp³-hybridized carbons (Fsp3) is 0.727. The summed E-state index contributed by atoms with van der Waals surface area (Å²) in [5.41, 5.74) is 1.26. The molecule has 0 aliphatic carbocycles. The van der Waals surface area contributed by atoms with Gasteiger partial charge in [-0.25, -0.2) is 4.98 Å². The number of hydrogen-bond donors (Lipinski definition) is 1. The van der Waals surface area contributed by atoms with E-state index in [2.05, 4.69) is 47.7 Å². The molecule has 0 fully saturated rings. The fourth-order valence-electron chi connectivity index (χ4n) is 1.36. The van der Waals surface area contributed by atoms with Gasteiger partial charge in [-0.3, -0.25) is 0 Å². The first kappa shape index (κ1) is 12.2. The first-order chi connectivity index (χ1) is 7.15. The molecule has 4 heteroatoms. The molecule has 4 nitrogen and oxygen atoms in total. The molecule has 1 rings (SSSR count). The van der Waals surface area contributed by atoms with Crippen LogP contribution in [0.2, 0.25) is 0 Å². The van der Waals surface area contributed by atoms with Crippen molar-refractivity contribution in [1.29, 1.82) is 0 Å². The lowest BCUT2D eigenvalue weighted by molar-refractivity contribution is 0.281. The molecule has 1 N–H and O–H groups in total. The summed E-state index contributed by atoms with van der Waals surface area (Å²) in [6, 6.07) is 0.527. The van der Waals surface area contributed by atoms with Gasteiger partial charge in [0, 0.05) is 25.3 Å². The molecule has 1 unspecified atom stereocenters. The molecule has 0 aromatic carbocycles.